The molecular formula is C20H27N3O4. The van der Waals surface area contributed by atoms with Gasteiger partial charge in [0.15, 0.2) is 0 Å². The molecule has 1 aliphatic heterocycles. The smallest absolute Gasteiger partial charge is 0.249 e. The van der Waals surface area contributed by atoms with Crippen LogP contribution in [0, 0.1) is 17.8 Å². The van der Waals surface area contributed by atoms with Gasteiger partial charge in [-0.1, -0.05) is 0 Å². The zero-order valence-electron chi connectivity index (χ0n) is 15.8. The molecule has 2 aliphatic carbocycles. The predicted molar refractivity (Wildman–Crippen MR) is 101 cm³/mol. The summed E-state index contributed by atoms with van der Waals surface area (Å²) in [6.07, 6.45) is 3.84. The van der Waals surface area contributed by atoms with Crippen molar-refractivity contribution in [1.29, 1.82) is 0 Å². The van der Waals surface area contributed by atoms with E-state index in [4.69, 9.17) is 15.2 Å². The molecular weight excluding hydrogens is 346 g/mol. The number of fused-ring (bicyclic) bond motifs is 2. The SMILES string of the molecule is COc1cc(OC)cc(N2CCC(NC(=O)C3C4CCC(C4)C3N)C2=O)c1. The lowest BCUT2D eigenvalue weighted by molar-refractivity contribution is -0.130. The Balaban J connectivity index is 1.45. The minimum Gasteiger partial charge on any atom is -0.497 e. The highest BCUT2D eigenvalue weighted by molar-refractivity contribution is 6.01. The number of carbonyl (C=O) groups is 2. The van der Waals surface area contributed by atoms with Gasteiger partial charge in [0.05, 0.1) is 25.8 Å². The van der Waals surface area contributed by atoms with Crippen molar-refractivity contribution in [1.82, 2.24) is 5.32 Å². The molecule has 0 aromatic heterocycles. The van der Waals surface area contributed by atoms with Crippen LogP contribution in [0.2, 0.25) is 0 Å². The fraction of sp³-hybridized carbons (Fsp3) is 0.600. The zero-order valence-corrected chi connectivity index (χ0v) is 15.8. The Labute approximate surface area is 159 Å². The molecule has 1 aromatic rings. The average Bonchev–Trinajstić information content (AvgIpc) is 3.37. The zero-order chi connectivity index (χ0) is 19.1. The van der Waals surface area contributed by atoms with E-state index < -0.39 is 6.04 Å². The molecule has 5 unspecified atom stereocenters. The number of amides is 2. The lowest BCUT2D eigenvalue weighted by atomic mass is 9.84. The van der Waals surface area contributed by atoms with Gasteiger partial charge in [-0.3, -0.25) is 9.59 Å². The summed E-state index contributed by atoms with van der Waals surface area (Å²) >= 11 is 0. The number of methoxy groups -OCH3 is 2. The lowest BCUT2D eigenvalue weighted by Crippen LogP contribution is -2.50. The van der Waals surface area contributed by atoms with Crippen molar-refractivity contribution >= 4 is 17.5 Å². The van der Waals surface area contributed by atoms with E-state index in [1.807, 2.05) is 0 Å². The van der Waals surface area contributed by atoms with Crippen LogP contribution in [0.4, 0.5) is 5.69 Å². The predicted octanol–water partition coefficient (Wildman–Crippen LogP) is 1.30. The summed E-state index contributed by atoms with van der Waals surface area (Å²) in [6, 6.07) is 4.80. The highest BCUT2D eigenvalue weighted by atomic mass is 16.5. The molecule has 2 saturated carbocycles. The number of nitrogens with zero attached hydrogens (tertiary/aromatic N) is 1. The minimum absolute atomic E-state index is 0.0573. The topological polar surface area (TPSA) is 93.9 Å². The average molecular weight is 373 g/mol. The van der Waals surface area contributed by atoms with Crippen LogP contribution in [0.15, 0.2) is 18.2 Å². The quantitative estimate of drug-likeness (QED) is 0.811. The Bertz CT molecular complexity index is 728. The summed E-state index contributed by atoms with van der Waals surface area (Å²) in [4.78, 5) is 27.4. The Hall–Kier alpha value is -2.28. The molecule has 0 spiro atoms. The van der Waals surface area contributed by atoms with Crippen molar-refractivity contribution in [3.8, 4) is 11.5 Å². The number of nitrogens with two attached hydrogens (primary N) is 1. The number of rotatable bonds is 5. The van der Waals surface area contributed by atoms with E-state index in [2.05, 4.69) is 5.32 Å². The van der Waals surface area contributed by atoms with Gasteiger partial charge < -0.3 is 25.4 Å². The van der Waals surface area contributed by atoms with Crippen molar-refractivity contribution in [2.45, 2.75) is 37.8 Å². The molecule has 1 aromatic carbocycles. The van der Waals surface area contributed by atoms with Crippen LogP contribution in [0.3, 0.4) is 0 Å². The fourth-order valence-electron chi connectivity index (χ4n) is 5.01. The first-order valence-corrected chi connectivity index (χ1v) is 9.62. The molecule has 2 amide bonds. The van der Waals surface area contributed by atoms with Crippen LogP contribution in [-0.4, -0.2) is 44.7 Å². The first kappa shape index (κ1) is 18.1. The van der Waals surface area contributed by atoms with Crippen molar-refractivity contribution in [3.05, 3.63) is 18.2 Å². The number of carbonyl (C=O) groups excluding carboxylic acids is 2. The molecule has 3 fully saturated rings. The number of nitrogens with one attached hydrogen (secondary N) is 1. The van der Waals surface area contributed by atoms with Crippen molar-refractivity contribution in [2.24, 2.45) is 23.5 Å². The van der Waals surface area contributed by atoms with Gasteiger partial charge in [-0.25, -0.2) is 0 Å². The standard InChI is InChI=1S/C20H27N3O4/c1-26-14-8-13(9-15(10-14)27-2)23-6-5-16(20(23)25)22-19(24)17-11-3-4-12(7-11)18(17)21/h8-12,16-18H,3-7,21H2,1-2H3,(H,22,24). The Kier molecular flexibility index (Phi) is 4.72. The number of hydrogen-bond acceptors (Lipinski definition) is 5. The van der Waals surface area contributed by atoms with E-state index in [-0.39, 0.29) is 23.8 Å². The molecule has 3 aliphatic rings. The summed E-state index contributed by atoms with van der Waals surface area (Å²) in [5.74, 6) is 1.78. The second-order valence-corrected chi connectivity index (χ2v) is 7.85. The van der Waals surface area contributed by atoms with Crippen LogP contribution in [0.25, 0.3) is 0 Å². The van der Waals surface area contributed by atoms with Gasteiger partial charge in [0, 0.05) is 30.8 Å². The number of benzene rings is 1. The summed E-state index contributed by atoms with van der Waals surface area (Å²) in [7, 11) is 3.15. The third-order valence-corrected chi connectivity index (χ3v) is 6.45. The van der Waals surface area contributed by atoms with Gasteiger partial charge >= 0.3 is 0 Å². The summed E-state index contributed by atoms with van der Waals surface area (Å²) in [5.41, 5.74) is 6.98. The number of ether oxygens (including phenoxy) is 2. The maximum absolute atomic E-state index is 12.9. The number of anilines is 1. The van der Waals surface area contributed by atoms with Gasteiger partial charge in [-0.15, -0.1) is 0 Å². The molecule has 1 heterocycles. The van der Waals surface area contributed by atoms with Gasteiger partial charge in [0.2, 0.25) is 11.8 Å². The molecule has 1 saturated heterocycles. The van der Waals surface area contributed by atoms with Gasteiger partial charge in [-0.2, -0.15) is 0 Å². The van der Waals surface area contributed by atoms with Crippen LogP contribution in [0.5, 0.6) is 11.5 Å². The Morgan fingerprint density at radius 2 is 1.78 bits per heavy atom. The van der Waals surface area contributed by atoms with E-state index in [1.54, 1.807) is 37.3 Å². The maximum Gasteiger partial charge on any atom is 0.249 e. The summed E-state index contributed by atoms with van der Waals surface area (Å²) < 4.78 is 10.6. The van der Waals surface area contributed by atoms with Gasteiger partial charge in [0.25, 0.3) is 0 Å². The maximum atomic E-state index is 12.9. The monoisotopic (exact) mass is 373 g/mol. The normalized spacial score (nSPS) is 32.0. The third-order valence-electron chi connectivity index (χ3n) is 6.45. The molecule has 27 heavy (non-hydrogen) atoms. The van der Waals surface area contributed by atoms with Crippen molar-refractivity contribution in [3.63, 3.8) is 0 Å². The largest absolute Gasteiger partial charge is 0.497 e. The third kappa shape index (κ3) is 3.14. The second-order valence-electron chi connectivity index (χ2n) is 7.85. The molecule has 5 atom stereocenters. The van der Waals surface area contributed by atoms with Crippen LogP contribution in [-0.2, 0) is 9.59 Å². The Morgan fingerprint density at radius 1 is 1.11 bits per heavy atom. The first-order valence-electron chi connectivity index (χ1n) is 9.62. The van der Waals surface area contributed by atoms with Crippen LogP contribution in [0.1, 0.15) is 25.7 Å². The molecule has 0 radical (unpaired) electrons. The summed E-state index contributed by atoms with van der Waals surface area (Å²) in [5, 5.41) is 2.97. The molecule has 7 heteroatoms. The van der Waals surface area contributed by atoms with Crippen molar-refractivity contribution < 1.29 is 19.1 Å². The lowest BCUT2D eigenvalue weighted by Gasteiger charge is -2.28. The van der Waals surface area contributed by atoms with E-state index in [9.17, 15) is 9.59 Å². The highest BCUT2D eigenvalue weighted by Gasteiger charge is 2.50. The molecule has 3 N–H and O–H groups in total. The first-order chi connectivity index (χ1) is 13.0. The molecule has 146 valence electrons. The molecule has 4 rings (SSSR count). The number of hydrogen-bond donors (Lipinski definition) is 2. The van der Waals surface area contributed by atoms with Crippen molar-refractivity contribution in [2.75, 3.05) is 25.7 Å². The van der Waals surface area contributed by atoms with E-state index in [1.165, 1.54) is 0 Å². The highest BCUT2D eigenvalue weighted by Crippen LogP contribution is 2.47. The van der Waals surface area contributed by atoms with Gasteiger partial charge in [-0.05, 0) is 37.5 Å². The molecule has 2 bridgehead atoms. The van der Waals surface area contributed by atoms with Crippen LogP contribution < -0.4 is 25.4 Å². The van der Waals surface area contributed by atoms with E-state index in [0.29, 0.717) is 42.0 Å². The van der Waals surface area contributed by atoms with E-state index in [0.717, 1.165) is 19.3 Å². The van der Waals surface area contributed by atoms with E-state index >= 15 is 0 Å². The second kappa shape index (κ2) is 7.03. The fourth-order valence-corrected chi connectivity index (χ4v) is 5.01. The minimum atomic E-state index is -0.499. The van der Waals surface area contributed by atoms with Gasteiger partial charge in [0.1, 0.15) is 17.5 Å². The summed E-state index contributed by atoms with van der Waals surface area (Å²) in [6.45, 7) is 0.545. The van der Waals surface area contributed by atoms with Crippen LogP contribution >= 0.6 is 0 Å². The molecule has 7 nitrogen and oxygen atoms in total. The Morgan fingerprint density at radius 3 is 2.37 bits per heavy atom.